The predicted octanol–water partition coefficient (Wildman–Crippen LogP) is 7.44. The fourth-order valence-electron chi connectivity index (χ4n) is 3.80. The number of rotatable bonds is 13. The van der Waals surface area contributed by atoms with Crippen LogP contribution in [0.3, 0.4) is 0 Å². The minimum Gasteiger partial charge on any atom is -0.494 e. The fraction of sp³-hybridized carbons (Fsp3) is 0.480. The maximum atomic E-state index is 5.99. The van der Waals surface area contributed by atoms with Crippen molar-refractivity contribution in [1.29, 1.82) is 0 Å². The van der Waals surface area contributed by atoms with E-state index in [0.29, 0.717) is 5.15 Å². The average Bonchev–Trinajstić information content (AvgIpc) is 3.47. The third-order valence-electron chi connectivity index (χ3n) is 5.52. The molecule has 0 saturated carbocycles. The lowest BCUT2D eigenvalue weighted by atomic mass is 10.1. The zero-order valence-electron chi connectivity index (χ0n) is 18.3. The number of aromatic amines is 2. The SMILES string of the molecule is CCCCCCCCCCCc1ccc(/C=C2\N=C(c3ccc(Cl)[nH]3)C=C2OC)[nH]1. The highest BCUT2D eigenvalue weighted by atomic mass is 35.5. The maximum Gasteiger partial charge on any atom is 0.146 e. The lowest BCUT2D eigenvalue weighted by Gasteiger charge is -2.02. The van der Waals surface area contributed by atoms with E-state index >= 15 is 0 Å². The Morgan fingerprint density at radius 3 is 2.33 bits per heavy atom. The molecule has 0 aromatic carbocycles. The van der Waals surface area contributed by atoms with Crippen LogP contribution >= 0.6 is 11.6 Å². The first-order chi connectivity index (χ1) is 14.7. The van der Waals surface area contributed by atoms with Gasteiger partial charge in [-0.15, -0.1) is 0 Å². The van der Waals surface area contributed by atoms with Crippen LogP contribution in [0.15, 0.2) is 46.8 Å². The summed E-state index contributed by atoms with van der Waals surface area (Å²) in [7, 11) is 1.67. The molecule has 30 heavy (non-hydrogen) atoms. The van der Waals surface area contributed by atoms with Crippen molar-refractivity contribution >= 4 is 23.4 Å². The number of methoxy groups -OCH3 is 1. The molecular formula is C25H34ClN3O. The number of aryl methyl sites for hydroxylation is 1. The van der Waals surface area contributed by atoms with Gasteiger partial charge in [0.2, 0.25) is 0 Å². The molecular weight excluding hydrogens is 394 g/mol. The summed E-state index contributed by atoms with van der Waals surface area (Å²) >= 11 is 5.99. The van der Waals surface area contributed by atoms with Crippen molar-refractivity contribution in [3.63, 3.8) is 0 Å². The van der Waals surface area contributed by atoms with Gasteiger partial charge < -0.3 is 14.7 Å². The number of halogens is 1. The normalized spacial score (nSPS) is 15.0. The first kappa shape index (κ1) is 22.5. The molecule has 0 radical (unpaired) electrons. The standard InChI is InChI=1S/C25H34ClN3O/c1-3-4-5-6-7-8-9-10-11-12-19-13-14-20(27-19)17-23-24(30-2)18-22(28-23)21-15-16-25(26)29-21/h13-18,27,29H,3-12H2,1-2H3/b23-17-. The minimum atomic E-state index is 0.600. The summed E-state index contributed by atoms with van der Waals surface area (Å²) in [6.07, 6.45) is 17.3. The number of nitrogens with one attached hydrogen (secondary N) is 2. The number of aliphatic imine (C=N–C) groups is 1. The Bertz CT molecular complexity index is 888. The number of hydrogen-bond acceptors (Lipinski definition) is 2. The lowest BCUT2D eigenvalue weighted by Crippen LogP contribution is -1.93. The molecule has 0 spiro atoms. The Kier molecular flexibility index (Phi) is 8.88. The molecule has 3 rings (SSSR count). The zero-order chi connectivity index (χ0) is 21.2. The van der Waals surface area contributed by atoms with Crippen molar-refractivity contribution in [3.05, 3.63) is 64.0 Å². The second-order valence-electron chi connectivity index (χ2n) is 7.98. The van der Waals surface area contributed by atoms with Crippen LogP contribution in [0.25, 0.3) is 6.08 Å². The van der Waals surface area contributed by atoms with Crippen molar-refractivity contribution in [2.24, 2.45) is 4.99 Å². The Balaban J connectivity index is 1.47. The zero-order valence-corrected chi connectivity index (χ0v) is 19.0. The number of aromatic nitrogens is 2. The quantitative estimate of drug-likeness (QED) is 0.320. The molecule has 0 bridgehead atoms. The van der Waals surface area contributed by atoms with Crippen LogP contribution in [0.1, 0.15) is 81.8 Å². The van der Waals surface area contributed by atoms with Crippen LogP contribution < -0.4 is 0 Å². The molecule has 1 aliphatic heterocycles. The monoisotopic (exact) mass is 427 g/mol. The van der Waals surface area contributed by atoms with E-state index in [2.05, 4.69) is 29.0 Å². The third kappa shape index (κ3) is 6.66. The summed E-state index contributed by atoms with van der Waals surface area (Å²) in [6, 6.07) is 8.04. The highest BCUT2D eigenvalue weighted by molar-refractivity contribution is 6.30. The first-order valence-electron chi connectivity index (χ1n) is 11.3. The van der Waals surface area contributed by atoms with Gasteiger partial charge in [-0.05, 0) is 43.2 Å². The summed E-state index contributed by atoms with van der Waals surface area (Å²) in [5.41, 5.74) is 4.86. The van der Waals surface area contributed by atoms with Gasteiger partial charge in [0.25, 0.3) is 0 Å². The van der Waals surface area contributed by atoms with Crippen LogP contribution in [-0.2, 0) is 11.2 Å². The van der Waals surface area contributed by atoms with Gasteiger partial charge in [-0.2, -0.15) is 0 Å². The van der Waals surface area contributed by atoms with Crippen LogP contribution in [0.4, 0.5) is 0 Å². The number of ether oxygens (including phenoxy) is 1. The van der Waals surface area contributed by atoms with Crippen molar-refractivity contribution < 1.29 is 4.74 Å². The van der Waals surface area contributed by atoms with Gasteiger partial charge in [0.05, 0.1) is 18.5 Å². The van der Waals surface area contributed by atoms with E-state index in [-0.39, 0.29) is 0 Å². The molecule has 0 aliphatic carbocycles. The fourth-order valence-corrected chi connectivity index (χ4v) is 3.97. The van der Waals surface area contributed by atoms with E-state index in [9.17, 15) is 0 Å². The van der Waals surface area contributed by atoms with Gasteiger partial charge in [0, 0.05) is 17.5 Å². The van der Waals surface area contributed by atoms with Crippen LogP contribution in [0.5, 0.6) is 0 Å². The molecule has 0 atom stereocenters. The molecule has 1 aliphatic rings. The smallest absolute Gasteiger partial charge is 0.146 e. The van der Waals surface area contributed by atoms with Crippen LogP contribution in [0.2, 0.25) is 5.15 Å². The Morgan fingerprint density at radius 2 is 1.67 bits per heavy atom. The van der Waals surface area contributed by atoms with Crippen LogP contribution in [0, 0.1) is 0 Å². The summed E-state index contributed by atoms with van der Waals surface area (Å²) in [4.78, 5) is 11.3. The number of allylic oxidation sites excluding steroid dienone is 1. The summed E-state index contributed by atoms with van der Waals surface area (Å²) in [5.74, 6) is 0.755. The van der Waals surface area contributed by atoms with E-state index in [0.717, 1.165) is 35.0 Å². The summed E-state index contributed by atoms with van der Waals surface area (Å²) < 4.78 is 5.51. The van der Waals surface area contributed by atoms with Crippen LogP contribution in [-0.4, -0.2) is 22.8 Å². The minimum absolute atomic E-state index is 0.600. The first-order valence-corrected chi connectivity index (χ1v) is 11.7. The second kappa shape index (κ2) is 11.8. The van der Waals surface area contributed by atoms with Gasteiger partial charge in [0.15, 0.2) is 0 Å². The third-order valence-corrected chi connectivity index (χ3v) is 5.74. The molecule has 162 valence electrons. The Hall–Kier alpha value is -2.20. The Morgan fingerprint density at radius 1 is 0.933 bits per heavy atom. The van der Waals surface area contributed by atoms with E-state index < -0.39 is 0 Å². The van der Waals surface area contributed by atoms with Crippen molar-refractivity contribution in [3.8, 4) is 0 Å². The molecule has 0 amide bonds. The van der Waals surface area contributed by atoms with E-state index in [4.69, 9.17) is 21.3 Å². The van der Waals surface area contributed by atoms with E-state index in [1.807, 2.05) is 24.3 Å². The molecule has 4 nitrogen and oxygen atoms in total. The topological polar surface area (TPSA) is 53.2 Å². The van der Waals surface area contributed by atoms with Gasteiger partial charge in [-0.25, -0.2) is 4.99 Å². The van der Waals surface area contributed by atoms with E-state index in [1.165, 1.54) is 63.5 Å². The van der Waals surface area contributed by atoms with Gasteiger partial charge in [-0.1, -0.05) is 69.9 Å². The number of hydrogen-bond donors (Lipinski definition) is 2. The maximum absolute atomic E-state index is 5.99. The molecule has 2 aromatic heterocycles. The van der Waals surface area contributed by atoms with Crippen molar-refractivity contribution in [2.45, 2.75) is 71.1 Å². The second-order valence-corrected chi connectivity index (χ2v) is 8.38. The predicted molar refractivity (Wildman–Crippen MR) is 127 cm³/mol. The average molecular weight is 428 g/mol. The van der Waals surface area contributed by atoms with Gasteiger partial charge in [0.1, 0.15) is 16.6 Å². The molecule has 2 N–H and O–H groups in total. The van der Waals surface area contributed by atoms with E-state index in [1.54, 1.807) is 7.11 Å². The highest BCUT2D eigenvalue weighted by Crippen LogP contribution is 2.25. The molecule has 3 heterocycles. The molecule has 0 saturated heterocycles. The summed E-state index contributed by atoms with van der Waals surface area (Å²) in [6.45, 7) is 2.27. The van der Waals surface area contributed by atoms with Crippen molar-refractivity contribution in [1.82, 2.24) is 9.97 Å². The molecule has 0 unspecified atom stereocenters. The molecule has 0 fully saturated rings. The molecule has 5 heteroatoms. The highest BCUT2D eigenvalue weighted by Gasteiger charge is 2.17. The number of H-pyrrole nitrogens is 2. The lowest BCUT2D eigenvalue weighted by molar-refractivity contribution is 0.303. The number of unbranched alkanes of at least 4 members (excludes halogenated alkanes) is 8. The van der Waals surface area contributed by atoms with Gasteiger partial charge in [-0.3, -0.25) is 0 Å². The van der Waals surface area contributed by atoms with Gasteiger partial charge >= 0.3 is 0 Å². The summed E-state index contributed by atoms with van der Waals surface area (Å²) in [5, 5.41) is 0.600. The Labute approximate surface area is 185 Å². The van der Waals surface area contributed by atoms with Crippen molar-refractivity contribution in [2.75, 3.05) is 7.11 Å². The number of nitrogens with zero attached hydrogens (tertiary/aromatic N) is 1. The largest absolute Gasteiger partial charge is 0.494 e. The molecule has 2 aromatic rings.